The van der Waals surface area contributed by atoms with E-state index in [0.717, 1.165) is 0 Å². The first-order valence-corrected chi connectivity index (χ1v) is 3.59. The third-order valence-electron chi connectivity index (χ3n) is 0.790. The van der Waals surface area contributed by atoms with E-state index in [0.29, 0.717) is 0 Å². The van der Waals surface area contributed by atoms with Gasteiger partial charge in [-0.25, -0.2) is 0 Å². The van der Waals surface area contributed by atoms with Crippen molar-refractivity contribution in [2.45, 2.75) is 26.2 Å². The summed E-state index contributed by atoms with van der Waals surface area (Å²) in [6, 6.07) is -0.748. The molecular formula is C9H12BrNO. The maximum atomic E-state index is 7.77. The van der Waals surface area contributed by atoms with E-state index >= 15 is 0 Å². The molecule has 0 unspecified atom stereocenters. The second kappa shape index (κ2) is 3.44. The molecule has 0 N–H and O–H groups in total. The molecule has 66 valence electrons. The molecule has 3 heteroatoms. The summed E-state index contributed by atoms with van der Waals surface area (Å²) in [5.41, 5.74) is -3.68. The lowest BCUT2D eigenvalue weighted by molar-refractivity contribution is 0.130. The van der Waals surface area contributed by atoms with Crippen LogP contribution in [0.15, 0.2) is 22.9 Å². The number of halogens is 1. The van der Waals surface area contributed by atoms with Crippen LogP contribution in [0.4, 0.5) is 0 Å². The van der Waals surface area contributed by atoms with Crippen molar-refractivity contribution in [1.82, 2.24) is 4.98 Å². The SMILES string of the molecule is [2H]c1nc([2H])c(OC(C([2H])([2H])[2H])(C([2H])([2H])[2H])C([2H])([2H])[2H])c([2H])c1Br. The molecule has 2 nitrogen and oxygen atoms in total. The Morgan fingerprint density at radius 3 is 3.00 bits per heavy atom. The predicted octanol–water partition coefficient (Wildman–Crippen LogP) is 3.02. The second-order valence-corrected chi connectivity index (χ2v) is 2.68. The highest BCUT2D eigenvalue weighted by atomic mass is 79.9. The van der Waals surface area contributed by atoms with Crippen LogP contribution in [0.25, 0.3) is 0 Å². The minimum atomic E-state index is -3.68. The Bertz CT molecular complexity index is 597. The Labute approximate surface area is 98.0 Å². The molecule has 0 amide bonds. The van der Waals surface area contributed by atoms with Gasteiger partial charge >= 0.3 is 0 Å². The summed E-state index contributed by atoms with van der Waals surface area (Å²) in [7, 11) is 0. The molecule has 0 aliphatic carbocycles. The fourth-order valence-electron chi connectivity index (χ4n) is 0.485. The van der Waals surface area contributed by atoms with Gasteiger partial charge in [-0.15, -0.1) is 0 Å². The van der Waals surface area contributed by atoms with Crippen molar-refractivity contribution in [3.05, 3.63) is 22.9 Å². The lowest BCUT2D eigenvalue weighted by Crippen LogP contribution is -2.22. The highest BCUT2D eigenvalue weighted by Crippen LogP contribution is 2.20. The smallest absolute Gasteiger partial charge is 0.139 e. The molecule has 1 aromatic heterocycles. The molecule has 0 radical (unpaired) electrons. The Kier molecular flexibility index (Phi) is 0.649. The first-order valence-electron chi connectivity index (χ1n) is 8.79. The maximum absolute atomic E-state index is 7.77. The Hall–Kier alpha value is -0.570. The van der Waals surface area contributed by atoms with E-state index in [1.807, 2.05) is 0 Å². The minimum absolute atomic E-state index is 0.302. The summed E-state index contributed by atoms with van der Waals surface area (Å²) >= 11 is 2.80. The third-order valence-corrected chi connectivity index (χ3v) is 1.17. The van der Waals surface area contributed by atoms with Crippen molar-refractivity contribution in [2.75, 3.05) is 0 Å². The topological polar surface area (TPSA) is 22.1 Å². The van der Waals surface area contributed by atoms with Gasteiger partial charge in [-0.3, -0.25) is 4.98 Å². The van der Waals surface area contributed by atoms with Crippen LogP contribution >= 0.6 is 15.9 Å². The zero-order valence-corrected chi connectivity index (χ0v) is 7.32. The first-order chi connectivity index (χ1) is 10.5. The Balaban J connectivity index is 3.77. The zero-order valence-electron chi connectivity index (χ0n) is 17.7. The minimum Gasteiger partial charge on any atom is -0.487 e. The van der Waals surface area contributed by atoms with E-state index in [-0.39, 0.29) is 4.47 Å². The molecule has 1 rings (SSSR count). The quantitative estimate of drug-likeness (QED) is 0.755. The molecule has 0 bridgehead atoms. The van der Waals surface area contributed by atoms with Gasteiger partial charge in [0.1, 0.15) is 11.4 Å². The van der Waals surface area contributed by atoms with Gasteiger partial charge in [-0.1, -0.05) is 0 Å². The van der Waals surface area contributed by atoms with Gasteiger partial charge in [-0.2, -0.15) is 0 Å². The van der Waals surface area contributed by atoms with Gasteiger partial charge in [0.25, 0.3) is 0 Å². The largest absolute Gasteiger partial charge is 0.487 e. The van der Waals surface area contributed by atoms with Crippen LogP contribution in [-0.4, -0.2) is 10.6 Å². The molecule has 0 aliphatic heterocycles. The highest BCUT2D eigenvalue weighted by molar-refractivity contribution is 9.10. The van der Waals surface area contributed by atoms with Gasteiger partial charge in [0.15, 0.2) is 0 Å². The molecule has 0 aromatic carbocycles. The van der Waals surface area contributed by atoms with Crippen LogP contribution in [-0.2, 0) is 0 Å². The van der Waals surface area contributed by atoms with Gasteiger partial charge in [0.05, 0.1) is 10.3 Å². The Morgan fingerprint density at radius 2 is 2.33 bits per heavy atom. The lowest BCUT2D eigenvalue weighted by Gasteiger charge is -2.20. The lowest BCUT2D eigenvalue weighted by atomic mass is 10.2. The summed E-state index contributed by atoms with van der Waals surface area (Å²) in [4.78, 5) is 3.35. The summed E-state index contributed by atoms with van der Waals surface area (Å²) in [6.45, 7) is -10.9. The van der Waals surface area contributed by atoms with Crippen LogP contribution in [0.1, 0.15) is 37.0 Å². The van der Waals surface area contributed by atoms with Crippen LogP contribution in [0.2, 0.25) is 0 Å². The fourth-order valence-corrected chi connectivity index (χ4v) is 0.754. The van der Waals surface area contributed by atoms with Crippen LogP contribution in [0.3, 0.4) is 0 Å². The molecule has 0 saturated carbocycles. The van der Waals surface area contributed by atoms with Crippen molar-refractivity contribution < 1.29 is 21.2 Å². The van der Waals surface area contributed by atoms with Crippen LogP contribution < -0.4 is 4.74 Å². The molecule has 0 atom stereocenters. The molecule has 0 aliphatic rings. The number of aromatic nitrogens is 1. The molecule has 1 aromatic rings. The number of nitrogens with zero attached hydrogens (tertiary/aromatic N) is 1. The molecular weight excluding hydrogens is 218 g/mol. The summed E-state index contributed by atoms with van der Waals surface area (Å²) < 4.78 is 94.2. The molecule has 12 heavy (non-hydrogen) atoms. The van der Waals surface area contributed by atoms with E-state index in [4.69, 9.17) is 21.2 Å². The van der Waals surface area contributed by atoms with E-state index in [9.17, 15) is 0 Å². The van der Waals surface area contributed by atoms with Gasteiger partial charge in [0, 0.05) is 23.0 Å². The predicted molar refractivity (Wildman–Crippen MR) is 52.3 cm³/mol. The Morgan fingerprint density at radius 1 is 1.58 bits per heavy atom. The van der Waals surface area contributed by atoms with Crippen LogP contribution in [0.5, 0.6) is 5.75 Å². The molecule has 0 saturated heterocycles. The van der Waals surface area contributed by atoms with E-state index < -0.39 is 50.3 Å². The van der Waals surface area contributed by atoms with Gasteiger partial charge < -0.3 is 4.74 Å². The average Bonchev–Trinajstić information content (AvgIpc) is 2.31. The number of ether oxygens (including phenoxy) is 1. The second-order valence-electron chi connectivity index (χ2n) is 1.89. The average molecular weight is 242 g/mol. The zero-order chi connectivity index (χ0) is 19.3. The van der Waals surface area contributed by atoms with Gasteiger partial charge in [0.2, 0.25) is 0 Å². The van der Waals surface area contributed by atoms with Crippen molar-refractivity contribution in [1.29, 1.82) is 0 Å². The van der Waals surface area contributed by atoms with Crippen molar-refractivity contribution >= 4 is 15.9 Å². The number of hydrogen-bond acceptors (Lipinski definition) is 2. The number of rotatable bonds is 1. The summed E-state index contributed by atoms with van der Waals surface area (Å²) in [5, 5.41) is 0. The highest BCUT2D eigenvalue weighted by Gasteiger charge is 2.11. The van der Waals surface area contributed by atoms with E-state index in [1.165, 1.54) is 0 Å². The summed E-state index contributed by atoms with van der Waals surface area (Å²) in [6.07, 6.45) is -1.46. The standard InChI is InChI=1S/C9H12BrNO/c1-9(2,3)12-8-4-7(10)5-11-6-8/h4-6H,1-3H3/i1D3,2D3,3D3,4D,5D,6D. The van der Waals surface area contributed by atoms with Crippen molar-refractivity contribution in [2.24, 2.45) is 0 Å². The van der Waals surface area contributed by atoms with Crippen molar-refractivity contribution in [3.8, 4) is 5.75 Å². The number of hydrogen-bond donors (Lipinski definition) is 0. The molecule has 0 fully saturated rings. The first kappa shape index (κ1) is 2.27. The van der Waals surface area contributed by atoms with Crippen molar-refractivity contribution in [3.63, 3.8) is 0 Å². The van der Waals surface area contributed by atoms with E-state index in [1.54, 1.807) is 0 Å². The fraction of sp³-hybridized carbons (Fsp3) is 0.444. The monoisotopic (exact) mass is 241 g/mol. The molecule has 0 spiro atoms. The van der Waals surface area contributed by atoms with Crippen LogP contribution in [0, 0.1) is 0 Å². The molecule has 1 heterocycles. The normalized spacial score (nSPS) is 29.1. The number of pyridine rings is 1. The maximum Gasteiger partial charge on any atom is 0.139 e. The van der Waals surface area contributed by atoms with Gasteiger partial charge in [-0.05, 0) is 42.5 Å². The summed E-state index contributed by atoms with van der Waals surface area (Å²) in [5.74, 6) is -0.957. The van der Waals surface area contributed by atoms with E-state index in [2.05, 4.69) is 20.9 Å². The third kappa shape index (κ3) is 3.22.